The summed E-state index contributed by atoms with van der Waals surface area (Å²) in [6.45, 7) is -4.78. The van der Waals surface area contributed by atoms with Crippen LogP contribution in [0.3, 0.4) is 0 Å². The van der Waals surface area contributed by atoms with Crippen LogP contribution in [0.15, 0.2) is 53.4 Å². The van der Waals surface area contributed by atoms with Gasteiger partial charge in [0.25, 0.3) is 6.02 Å². The summed E-state index contributed by atoms with van der Waals surface area (Å²) in [6, 6.07) is 0.238. The quantitative estimate of drug-likeness (QED) is 0.890. The van der Waals surface area contributed by atoms with Crippen LogP contribution in [0.5, 0.6) is 0 Å². The minimum atomic E-state index is -3.08. The largest absolute Gasteiger partial charge is 0.449 e. The number of fused-ring (bicyclic) bond motifs is 1. The second-order valence-electron chi connectivity index (χ2n) is 4.24. The van der Waals surface area contributed by atoms with Gasteiger partial charge in [-0.1, -0.05) is 41.8 Å². The zero-order valence-electron chi connectivity index (χ0n) is 20.7. The predicted molar refractivity (Wildman–Crippen MR) is 87.0 cm³/mol. The molecule has 0 bridgehead atoms. The standard InChI is InChI=1S/C17H17ClN2O/c1-3-19-16-20-15-10-9-13(18)11-14(15)17(2,21-16)12-7-5-4-6-8-12/h4-11H,3H2,1-2H3,(H,19,20)/i1D2,2D3,4D,5D,6D,7D,8D. The first-order chi connectivity index (χ1) is 14.3. The number of ether oxygens (including phenoxy) is 1. The Balaban J connectivity index is 2.47. The fraction of sp³-hybridized carbons (Fsp3) is 0.235. The summed E-state index contributed by atoms with van der Waals surface area (Å²) in [4.78, 5) is 3.93. The number of amidine groups is 1. The highest BCUT2D eigenvalue weighted by atomic mass is 35.5. The number of rotatable bonds is 2. The highest BCUT2D eigenvalue weighted by Crippen LogP contribution is 2.41. The minimum absolute atomic E-state index is 0.0641. The van der Waals surface area contributed by atoms with Gasteiger partial charge in [0.05, 0.1) is 6.85 Å². The summed E-state index contributed by atoms with van der Waals surface area (Å²) in [5.74, 6) is 0. The summed E-state index contributed by atoms with van der Waals surface area (Å²) in [5.41, 5.74) is -3.02. The van der Waals surface area contributed by atoms with E-state index in [0.29, 0.717) is 0 Å². The van der Waals surface area contributed by atoms with Gasteiger partial charge in [-0.2, -0.15) is 0 Å². The van der Waals surface area contributed by atoms with Gasteiger partial charge in [0, 0.05) is 29.7 Å². The number of benzene rings is 2. The fourth-order valence-corrected chi connectivity index (χ4v) is 2.20. The van der Waals surface area contributed by atoms with Crippen LogP contribution in [0.25, 0.3) is 0 Å². The van der Waals surface area contributed by atoms with Crippen LogP contribution in [-0.2, 0) is 10.3 Å². The number of anilines is 1. The van der Waals surface area contributed by atoms with Crippen LogP contribution >= 0.6 is 11.6 Å². The van der Waals surface area contributed by atoms with E-state index < -0.39 is 55.1 Å². The summed E-state index contributed by atoms with van der Waals surface area (Å²) in [5, 5.41) is 2.90. The molecule has 3 nitrogen and oxygen atoms in total. The zero-order chi connectivity index (χ0) is 23.3. The van der Waals surface area contributed by atoms with Crippen molar-refractivity contribution < 1.29 is 18.4 Å². The van der Waals surface area contributed by atoms with Gasteiger partial charge in [0.2, 0.25) is 0 Å². The maximum absolute atomic E-state index is 8.35. The van der Waals surface area contributed by atoms with Crippen molar-refractivity contribution in [1.29, 1.82) is 0 Å². The van der Waals surface area contributed by atoms with Gasteiger partial charge < -0.3 is 10.1 Å². The van der Waals surface area contributed by atoms with Crippen LogP contribution in [0, 0.1) is 0 Å². The van der Waals surface area contributed by atoms with Crippen LogP contribution in [-0.4, -0.2) is 12.6 Å². The molecule has 0 aliphatic carbocycles. The topological polar surface area (TPSA) is 33.6 Å². The molecule has 108 valence electrons. The molecule has 2 aromatic rings. The van der Waals surface area contributed by atoms with Gasteiger partial charge in [0.1, 0.15) is 0 Å². The number of aliphatic imine (C=N–C) groups is 1. The first-order valence-electron chi connectivity index (χ1n) is 11.2. The van der Waals surface area contributed by atoms with Crippen molar-refractivity contribution >= 4 is 23.3 Å². The third kappa shape index (κ3) is 2.49. The van der Waals surface area contributed by atoms with E-state index in [2.05, 4.69) is 10.3 Å². The molecule has 0 spiro atoms. The fourth-order valence-electron chi connectivity index (χ4n) is 2.02. The van der Waals surface area contributed by atoms with Crippen LogP contribution in [0.1, 0.15) is 38.6 Å². The first kappa shape index (κ1) is 6.41. The molecule has 0 saturated carbocycles. The molecule has 4 heteroatoms. The number of hydrogen-bond donors (Lipinski definition) is 1. The van der Waals surface area contributed by atoms with Gasteiger partial charge in [-0.25, -0.2) is 4.99 Å². The van der Waals surface area contributed by atoms with Crippen LogP contribution in [0.4, 0.5) is 5.69 Å². The lowest BCUT2D eigenvalue weighted by molar-refractivity contribution is 0.112. The Morgan fingerprint density at radius 3 is 3.00 bits per heavy atom. The van der Waals surface area contributed by atoms with Crippen molar-refractivity contribution in [1.82, 2.24) is 0 Å². The second-order valence-corrected chi connectivity index (χ2v) is 4.68. The molecule has 2 aromatic carbocycles. The van der Waals surface area contributed by atoms with Crippen LogP contribution < -0.4 is 5.32 Å². The molecule has 1 aliphatic rings. The average molecular weight is 311 g/mol. The van der Waals surface area contributed by atoms with E-state index in [1.54, 1.807) is 0 Å². The first-order valence-corrected chi connectivity index (χ1v) is 6.41. The number of nitrogens with one attached hydrogen (secondary N) is 1. The molecule has 1 atom stereocenters. The van der Waals surface area contributed by atoms with E-state index in [4.69, 9.17) is 30.0 Å². The van der Waals surface area contributed by atoms with Crippen molar-refractivity contribution in [3.63, 3.8) is 0 Å². The molecular formula is C17H17ClN2O. The predicted octanol–water partition coefficient (Wildman–Crippen LogP) is 4.42. The molecular weight excluding hydrogens is 284 g/mol. The van der Waals surface area contributed by atoms with Gasteiger partial charge in [-0.05, 0) is 37.5 Å². The lowest BCUT2D eigenvalue weighted by Gasteiger charge is -2.38. The molecule has 21 heavy (non-hydrogen) atoms. The van der Waals surface area contributed by atoms with E-state index in [1.807, 2.05) is 0 Å². The Labute approximate surface area is 143 Å². The average Bonchev–Trinajstić information content (AvgIpc) is 2.68. The normalized spacial score (nSPS) is 29.9. The molecule has 0 aromatic heterocycles. The highest BCUT2D eigenvalue weighted by Gasteiger charge is 2.38. The Bertz CT molecular complexity index is 1040. The van der Waals surface area contributed by atoms with Crippen molar-refractivity contribution in [2.75, 3.05) is 11.9 Å². The number of halogens is 1. The van der Waals surface area contributed by atoms with E-state index in [-0.39, 0.29) is 28.8 Å². The minimum Gasteiger partial charge on any atom is -0.449 e. The Kier molecular flexibility index (Phi) is 1.65. The summed E-state index contributed by atoms with van der Waals surface area (Å²) in [7, 11) is 0. The van der Waals surface area contributed by atoms with Crippen molar-refractivity contribution in [2.24, 2.45) is 4.99 Å². The Morgan fingerprint density at radius 1 is 1.38 bits per heavy atom. The zero-order valence-corrected chi connectivity index (χ0v) is 11.5. The van der Waals surface area contributed by atoms with Gasteiger partial charge in [-0.15, -0.1) is 0 Å². The third-order valence-electron chi connectivity index (χ3n) is 2.94. The summed E-state index contributed by atoms with van der Waals surface area (Å²) in [6.07, 6.45) is 0. The molecule has 0 amide bonds. The van der Waals surface area contributed by atoms with Crippen LogP contribution in [0.2, 0.25) is 5.02 Å². The monoisotopic (exact) mass is 310 g/mol. The maximum Gasteiger partial charge on any atom is 0.290 e. The van der Waals surface area contributed by atoms with Crippen molar-refractivity contribution in [3.05, 3.63) is 64.6 Å². The third-order valence-corrected chi connectivity index (χ3v) is 3.17. The van der Waals surface area contributed by atoms with Gasteiger partial charge in [-0.3, -0.25) is 0 Å². The maximum atomic E-state index is 8.35. The SMILES string of the molecule is [2H]c1c([2H])c([2H])c(C2(C([2H])([2H])[2H])OC(=NCC([2H])[2H])Nc3ccc(Cl)cc32)c([2H])c1[2H]. The van der Waals surface area contributed by atoms with Gasteiger partial charge in [0.15, 0.2) is 5.60 Å². The Hall–Kier alpha value is -2.00. The molecule has 0 radical (unpaired) electrons. The van der Waals surface area contributed by atoms with Crippen molar-refractivity contribution in [3.8, 4) is 0 Å². The van der Waals surface area contributed by atoms with E-state index in [0.717, 1.165) is 0 Å². The van der Waals surface area contributed by atoms with E-state index >= 15 is 0 Å². The van der Waals surface area contributed by atoms with E-state index in [9.17, 15) is 0 Å². The summed E-state index contributed by atoms with van der Waals surface area (Å²) >= 11 is 6.10. The molecule has 1 heterocycles. The summed E-state index contributed by atoms with van der Waals surface area (Å²) < 4.78 is 85.7. The smallest absolute Gasteiger partial charge is 0.290 e. The Morgan fingerprint density at radius 2 is 2.24 bits per heavy atom. The lowest BCUT2D eigenvalue weighted by Crippen LogP contribution is -2.39. The second kappa shape index (κ2) is 5.41. The van der Waals surface area contributed by atoms with E-state index in [1.165, 1.54) is 18.2 Å². The number of hydrogen-bond acceptors (Lipinski definition) is 2. The molecule has 1 N–H and O–H groups in total. The van der Waals surface area contributed by atoms with Crippen molar-refractivity contribution in [2.45, 2.75) is 19.3 Å². The lowest BCUT2D eigenvalue weighted by atomic mass is 9.86. The molecule has 1 unspecified atom stereocenters. The molecule has 0 fully saturated rings. The van der Waals surface area contributed by atoms with Gasteiger partial charge >= 0.3 is 0 Å². The molecule has 3 rings (SSSR count). The molecule has 1 aliphatic heterocycles. The molecule has 0 saturated heterocycles. The number of nitrogens with zero attached hydrogens (tertiary/aromatic N) is 1. The highest BCUT2D eigenvalue weighted by molar-refractivity contribution is 6.30.